The number of hydrogen-bond acceptors (Lipinski definition) is 2. The summed E-state index contributed by atoms with van der Waals surface area (Å²) >= 11 is 0. The molecule has 0 radical (unpaired) electrons. The average molecular weight is 835 g/mol. The van der Waals surface area contributed by atoms with E-state index in [0.717, 1.165) is 44.6 Å². The molecule has 5 nitrogen and oxygen atoms in total. The third-order valence-electron chi connectivity index (χ3n) is 9.25. The summed E-state index contributed by atoms with van der Waals surface area (Å²) in [5.41, 5.74) is 8.71. The molecular weight excluding hydrogens is 796 g/mol. The molecule has 3 heterocycles. The standard InChI is InChI=1S/C44H39N4O.Pt/c1-43(2,3)30-19-22-38-37(25-30)36-21-20-35(28-41(36)48(38)42-26-31(23-24-45-42)44(4,5)6)49-34-16-12-15-33(27-34)47-29-46(32-13-8-7-9-14-32)39-17-10-11-18-40(39)47;/h7-26,29H,1-6H3;/q-1;. The number of ether oxygens (including phenoxy) is 1. The van der Waals surface area contributed by atoms with Crippen molar-refractivity contribution in [1.29, 1.82) is 0 Å². The smallest absolute Gasteiger partial charge is 0.168 e. The van der Waals surface area contributed by atoms with Gasteiger partial charge in [0.1, 0.15) is 11.5 Å². The van der Waals surface area contributed by atoms with E-state index in [1.165, 1.54) is 16.5 Å². The van der Waals surface area contributed by atoms with E-state index < -0.39 is 0 Å². The molecule has 8 rings (SSSR count). The Bertz CT molecular complexity index is 2500. The first-order valence-corrected chi connectivity index (χ1v) is 16.8. The Morgan fingerprint density at radius 2 is 1.28 bits per heavy atom. The van der Waals surface area contributed by atoms with Crippen LogP contribution >= 0.6 is 0 Å². The van der Waals surface area contributed by atoms with E-state index in [0.29, 0.717) is 11.5 Å². The summed E-state index contributed by atoms with van der Waals surface area (Å²) in [6, 6.07) is 47.2. The Morgan fingerprint density at radius 1 is 0.600 bits per heavy atom. The number of benzene rings is 5. The van der Waals surface area contributed by atoms with Gasteiger partial charge in [0.2, 0.25) is 0 Å². The van der Waals surface area contributed by atoms with Crippen molar-refractivity contribution >= 4 is 32.8 Å². The Morgan fingerprint density at radius 3 is 2.02 bits per heavy atom. The SMILES string of the molecule is CC(C)(C)c1ccnc(-n2c3[c-]c(Oc4[c-]c(-n5[cH+]n(-c6ccccc6)c6ccccc65)ccc4)ccc3c3cc(C(C)(C)C)ccc32)c1.[Pt]. The molecule has 252 valence electrons. The molecule has 0 aliphatic carbocycles. The van der Waals surface area contributed by atoms with Crippen molar-refractivity contribution in [1.82, 2.24) is 18.7 Å². The van der Waals surface area contributed by atoms with E-state index in [1.54, 1.807) is 0 Å². The van der Waals surface area contributed by atoms with Crippen LogP contribution in [0, 0.1) is 12.1 Å². The Balaban J connectivity index is 0.00000392. The molecule has 5 aromatic carbocycles. The fourth-order valence-corrected chi connectivity index (χ4v) is 6.55. The Hall–Kier alpha value is -4.99. The van der Waals surface area contributed by atoms with E-state index in [-0.39, 0.29) is 31.9 Å². The second kappa shape index (κ2) is 12.7. The minimum Gasteiger partial charge on any atom is -0.508 e. The van der Waals surface area contributed by atoms with E-state index in [1.807, 2.05) is 30.5 Å². The van der Waals surface area contributed by atoms with Crippen LogP contribution < -0.4 is 4.74 Å². The number of rotatable bonds is 5. The van der Waals surface area contributed by atoms with E-state index in [9.17, 15) is 0 Å². The molecule has 0 atom stereocenters. The van der Waals surface area contributed by atoms with Crippen molar-refractivity contribution in [3.8, 4) is 28.7 Å². The van der Waals surface area contributed by atoms with Crippen LogP contribution in [0.25, 0.3) is 50.0 Å². The zero-order chi connectivity index (χ0) is 33.9. The number of nitrogens with zero attached hydrogens (tertiary/aromatic N) is 4. The molecule has 0 aliphatic heterocycles. The molecule has 0 bridgehead atoms. The van der Waals surface area contributed by atoms with Gasteiger partial charge in [-0.15, -0.1) is 29.7 Å². The van der Waals surface area contributed by atoms with E-state index in [4.69, 9.17) is 9.72 Å². The predicted molar refractivity (Wildman–Crippen MR) is 201 cm³/mol. The van der Waals surface area contributed by atoms with Gasteiger partial charge in [0.15, 0.2) is 17.4 Å². The topological polar surface area (TPSA) is 36.9 Å². The van der Waals surface area contributed by atoms with Gasteiger partial charge in [-0.3, -0.25) is 0 Å². The Kier molecular flexibility index (Phi) is 8.52. The molecule has 0 fully saturated rings. The summed E-state index contributed by atoms with van der Waals surface area (Å²) in [4.78, 5) is 4.87. The molecule has 50 heavy (non-hydrogen) atoms. The second-order valence-electron chi connectivity index (χ2n) is 14.7. The van der Waals surface area contributed by atoms with Crippen LogP contribution in [-0.4, -0.2) is 18.7 Å². The van der Waals surface area contributed by atoms with Crippen LogP contribution in [0.3, 0.4) is 0 Å². The van der Waals surface area contributed by atoms with Gasteiger partial charge in [-0.05, 0) is 57.7 Å². The summed E-state index contributed by atoms with van der Waals surface area (Å²) in [6.45, 7) is 13.4. The van der Waals surface area contributed by atoms with Gasteiger partial charge in [0, 0.05) is 62.1 Å². The van der Waals surface area contributed by atoms with Crippen LogP contribution in [0.4, 0.5) is 0 Å². The molecule has 0 amide bonds. The van der Waals surface area contributed by atoms with Crippen LogP contribution in [0.1, 0.15) is 52.7 Å². The molecular formula is C44H39N4OPt-. The molecule has 0 unspecified atom stereocenters. The summed E-state index contributed by atoms with van der Waals surface area (Å²) in [6.07, 6.45) is 4.02. The third kappa shape index (κ3) is 6.05. The van der Waals surface area contributed by atoms with Crippen molar-refractivity contribution in [2.75, 3.05) is 0 Å². The number of pyridine rings is 1. The van der Waals surface area contributed by atoms with Gasteiger partial charge in [-0.25, -0.2) is 9.55 Å². The van der Waals surface area contributed by atoms with Crippen molar-refractivity contribution < 1.29 is 25.8 Å². The first-order chi connectivity index (χ1) is 23.5. The van der Waals surface area contributed by atoms with Crippen molar-refractivity contribution in [3.05, 3.63) is 151 Å². The minimum atomic E-state index is -0.0138. The molecule has 0 saturated heterocycles. The quantitative estimate of drug-likeness (QED) is 0.162. The molecule has 0 saturated carbocycles. The molecule has 3 aromatic heterocycles. The van der Waals surface area contributed by atoms with Crippen LogP contribution in [0.2, 0.25) is 0 Å². The fraction of sp³-hybridized carbons (Fsp3) is 0.182. The minimum absolute atomic E-state index is 0. The molecule has 6 heteroatoms. The van der Waals surface area contributed by atoms with Crippen molar-refractivity contribution in [2.45, 2.75) is 52.4 Å². The first kappa shape index (κ1) is 33.5. The maximum absolute atomic E-state index is 6.53. The van der Waals surface area contributed by atoms with E-state index >= 15 is 0 Å². The first-order valence-electron chi connectivity index (χ1n) is 16.8. The van der Waals surface area contributed by atoms with Gasteiger partial charge in [0.25, 0.3) is 0 Å². The molecule has 0 spiro atoms. The van der Waals surface area contributed by atoms with Crippen molar-refractivity contribution in [3.63, 3.8) is 0 Å². The summed E-state index contributed by atoms with van der Waals surface area (Å²) < 4.78 is 13.1. The predicted octanol–water partition coefficient (Wildman–Crippen LogP) is 11.2. The Labute approximate surface area is 308 Å². The zero-order valence-electron chi connectivity index (χ0n) is 29.1. The summed E-state index contributed by atoms with van der Waals surface area (Å²) in [5.74, 6) is 2.09. The molecule has 0 aliphatic rings. The molecule has 8 aromatic rings. The van der Waals surface area contributed by atoms with E-state index in [2.05, 4.69) is 165 Å². The normalized spacial score (nSPS) is 12.0. The largest absolute Gasteiger partial charge is 0.508 e. The zero-order valence-corrected chi connectivity index (χ0v) is 31.4. The van der Waals surface area contributed by atoms with Crippen LogP contribution in [-0.2, 0) is 31.9 Å². The van der Waals surface area contributed by atoms with Gasteiger partial charge in [-0.2, -0.15) is 16.7 Å². The number of para-hydroxylation sites is 3. The number of hydrogen-bond donors (Lipinski definition) is 0. The molecule has 0 N–H and O–H groups in total. The third-order valence-corrected chi connectivity index (χ3v) is 9.25. The maximum Gasteiger partial charge on any atom is 0.168 e. The fourth-order valence-electron chi connectivity index (χ4n) is 6.55. The average Bonchev–Trinajstić information content (AvgIpc) is 3.64. The van der Waals surface area contributed by atoms with Crippen LogP contribution in [0.15, 0.2) is 128 Å². The van der Waals surface area contributed by atoms with Crippen molar-refractivity contribution in [2.24, 2.45) is 0 Å². The summed E-state index contributed by atoms with van der Waals surface area (Å²) in [7, 11) is 0. The number of fused-ring (bicyclic) bond motifs is 4. The summed E-state index contributed by atoms with van der Waals surface area (Å²) in [5, 5.41) is 2.28. The van der Waals surface area contributed by atoms with Crippen LogP contribution in [0.5, 0.6) is 11.5 Å². The van der Waals surface area contributed by atoms with Gasteiger partial charge >= 0.3 is 0 Å². The maximum atomic E-state index is 6.53. The number of aromatic nitrogens is 4. The van der Waals surface area contributed by atoms with Gasteiger partial charge < -0.3 is 9.30 Å². The monoisotopic (exact) mass is 834 g/mol. The van der Waals surface area contributed by atoms with Gasteiger partial charge in [-0.1, -0.05) is 95.6 Å². The second-order valence-corrected chi connectivity index (χ2v) is 14.7. The van der Waals surface area contributed by atoms with Gasteiger partial charge in [0.05, 0.1) is 0 Å². The number of imidazole rings is 1.